The number of carbonyl (C=O) groups excluding carboxylic acids is 1. The van der Waals surface area contributed by atoms with Gasteiger partial charge in [-0.2, -0.15) is 0 Å². The molecule has 2 heterocycles. The van der Waals surface area contributed by atoms with Gasteiger partial charge in [-0.1, -0.05) is 55.9 Å². The van der Waals surface area contributed by atoms with Crippen LogP contribution in [0.2, 0.25) is 0 Å². The van der Waals surface area contributed by atoms with Crippen LogP contribution in [0.15, 0.2) is 35.5 Å². The molecule has 0 unspecified atom stereocenters. The largest absolute Gasteiger partial charge is 0.383 e. The van der Waals surface area contributed by atoms with E-state index in [0.29, 0.717) is 25.0 Å². The Morgan fingerprint density at radius 1 is 1.21 bits per heavy atom. The van der Waals surface area contributed by atoms with Crippen molar-refractivity contribution in [3.8, 4) is 11.4 Å². The fraction of sp³-hybridized carbons (Fsp3) is 0.571. The van der Waals surface area contributed by atoms with Gasteiger partial charge in [0.05, 0.1) is 18.4 Å². The summed E-state index contributed by atoms with van der Waals surface area (Å²) in [5.41, 5.74) is 1.01. The third kappa shape index (κ3) is 4.94. The van der Waals surface area contributed by atoms with Crippen molar-refractivity contribution in [3.05, 3.63) is 30.3 Å². The fourth-order valence-corrected chi connectivity index (χ4v) is 4.83. The predicted molar refractivity (Wildman–Crippen MR) is 112 cm³/mol. The number of aromatic nitrogens is 3. The number of ether oxygens (including phenoxy) is 1. The molecule has 0 bridgehead atoms. The molecule has 3 rings (SSSR count). The van der Waals surface area contributed by atoms with Crippen LogP contribution in [0, 0.1) is 11.8 Å². The Kier molecular flexibility index (Phi) is 7.13. The summed E-state index contributed by atoms with van der Waals surface area (Å²) in [6, 6.07) is 10.0. The monoisotopic (exact) mass is 402 g/mol. The molecule has 152 valence electrons. The molecule has 0 radical (unpaired) electrons. The van der Waals surface area contributed by atoms with Gasteiger partial charge in [0.15, 0.2) is 11.0 Å². The summed E-state index contributed by atoms with van der Waals surface area (Å²) in [5.74, 6) is 2.10. The molecule has 1 aromatic carbocycles. The topological polar surface area (TPSA) is 60.2 Å². The maximum absolute atomic E-state index is 13.0. The summed E-state index contributed by atoms with van der Waals surface area (Å²) >= 11 is 1.48. The van der Waals surface area contributed by atoms with Gasteiger partial charge in [-0.25, -0.2) is 0 Å². The first kappa shape index (κ1) is 20.9. The average molecular weight is 403 g/mol. The minimum Gasteiger partial charge on any atom is -0.383 e. The number of rotatable bonds is 7. The van der Waals surface area contributed by atoms with E-state index in [1.807, 2.05) is 42.2 Å². The number of methoxy groups -OCH3 is 1. The standard InChI is InChI=1S/C21H30N4O2S/c1-15-12-16(2)14-24(13-15)20(26)17(3)28-21-23-22-19(25(21)10-11-27-4)18-8-6-5-7-9-18/h5-9,15-17H,10-14H2,1-4H3/t15-,16+,17-/m1/s1. The first-order chi connectivity index (χ1) is 13.5. The molecule has 0 spiro atoms. The highest BCUT2D eigenvalue weighted by atomic mass is 32.2. The lowest BCUT2D eigenvalue weighted by Crippen LogP contribution is -2.45. The number of carbonyl (C=O) groups is 1. The van der Waals surface area contributed by atoms with Crippen LogP contribution in [0.4, 0.5) is 0 Å². The van der Waals surface area contributed by atoms with Gasteiger partial charge in [-0.15, -0.1) is 10.2 Å². The summed E-state index contributed by atoms with van der Waals surface area (Å²) in [4.78, 5) is 15.0. The Morgan fingerprint density at radius 3 is 2.54 bits per heavy atom. The van der Waals surface area contributed by atoms with Crippen molar-refractivity contribution in [2.24, 2.45) is 11.8 Å². The van der Waals surface area contributed by atoms with Crippen molar-refractivity contribution in [2.75, 3.05) is 26.8 Å². The first-order valence-electron chi connectivity index (χ1n) is 9.92. The lowest BCUT2D eigenvalue weighted by molar-refractivity contribution is -0.132. The van der Waals surface area contributed by atoms with Gasteiger partial charge >= 0.3 is 0 Å². The molecule has 1 fully saturated rings. The SMILES string of the molecule is COCCn1c(S[C@H](C)C(=O)N2C[C@H](C)C[C@H](C)C2)nnc1-c1ccccc1. The van der Waals surface area contributed by atoms with Crippen molar-refractivity contribution in [2.45, 2.75) is 44.1 Å². The summed E-state index contributed by atoms with van der Waals surface area (Å²) in [5, 5.41) is 9.35. The van der Waals surface area contributed by atoms with Crippen molar-refractivity contribution < 1.29 is 9.53 Å². The number of hydrogen-bond donors (Lipinski definition) is 0. The van der Waals surface area contributed by atoms with Gasteiger partial charge in [0.2, 0.25) is 5.91 Å². The Labute approximate surface area is 171 Å². The smallest absolute Gasteiger partial charge is 0.235 e. The van der Waals surface area contributed by atoms with Crippen molar-refractivity contribution in [1.82, 2.24) is 19.7 Å². The van der Waals surface area contributed by atoms with E-state index in [0.717, 1.165) is 29.6 Å². The third-order valence-electron chi connectivity index (χ3n) is 5.08. The van der Waals surface area contributed by atoms with Crippen LogP contribution >= 0.6 is 11.8 Å². The summed E-state index contributed by atoms with van der Waals surface area (Å²) in [6.45, 7) is 9.32. The molecular weight excluding hydrogens is 372 g/mol. The lowest BCUT2D eigenvalue weighted by atomic mass is 9.92. The molecule has 1 saturated heterocycles. The normalized spacial score (nSPS) is 20.9. The fourth-order valence-electron chi connectivity index (χ4n) is 3.87. The molecule has 6 nitrogen and oxygen atoms in total. The van der Waals surface area contributed by atoms with Crippen molar-refractivity contribution in [3.63, 3.8) is 0 Å². The predicted octanol–water partition coefficient (Wildman–Crippen LogP) is 3.58. The Hall–Kier alpha value is -1.86. The number of nitrogens with zero attached hydrogens (tertiary/aromatic N) is 4. The van der Waals surface area contributed by atoms with E-state index in [1.54, 1.807) is 7.11 Å². The number of amides is 1. The highest BCUT2D eigenvalue weighted by molar-refractivity contribution is 8.00. The Morgan fingerprint density at radius 2 is 1.89 bits per heavy atom. The molecule has 0 N–H and O–H groups in total. The van der Waals surface area contributed by atoms with Gasteiger partial charge in [-0.05, 0) is 25.2 Å². The van der Waals surface area contributed by atoms with E-state index >= 15 is 0 Å². The second-order valence-electron chi connectivity index (χ2n) is 7.77. The Bertz CT molecular complexity index is 770. The van der Waals surface area contributed by atoms with Crippen molar-refractivity contribution >= 4 is 17.7 Å². The molecule has 1 aliphatic heterocycles. The third-order valence-corrected chi connectivity index (χ3v) is 6.15. The molecule has 1 amide bonds. The van der Waals surface area contributed by atoms with E-state index in [9.17, 15) is 4.79 Å². The van der Waals surface area contributed by atoms with E-state index in [-0.39, 0.29) is 11.2 Å². The molecular formula is C21H30N4O2S. The molecule has 1 aliphatic rings. The molecule has 7 heteroatoms. The quantitative estimate of drug-likeness (QED) is 0.663. The van der Waals surface area contributed by atoms with E-state index < -0.39 is 0 Å². The summed E-state index contributed by atoms with van der Waals surface area (Å²) < 4.78 is 7.32. The molecule has 2 aromatic rings. The summed E-state index contributed by atoms with van der Waals surface area (Å²) in [7, 11) is 1.68. The second-order valence-corrected chi connectivity index (χ2v) is 9.07. The van der Waals surface area contributed by atoms with Crippen LogP contribution in [0.3, 0.4) is 0 Å². The van der Waals surface area contributed by atoms with Crippen LogP contribution in [0.25, 0.3) is 11.4 Å². The minimum atomic E-state index is -0.202. The zero-order valence-corrected chi connectivity index (χ0v) is 18.0. The van der Waals surface area contributed by atoms with Crippen molar-refractivity contribution in [1.29, 1.82) is 0 Å². The van der Waals surface area contributed by atoms with E-state index in [1.165, 1.54) is 18.2 Å². The summed E-state index contributed by atoms with van der Waals surface area (Å²) in [6.07, 6.45) is 1.19. The lowest BCUT2D eigenvalue weighted by Gasteiger charge is -2.36. The molecule has 0 saturated carbocycles. The van der Waals surface area contributed by atoms with E-state index in [4.69, 9.17) is 4.74 Å². The maximum Gasteiger partial charge on any atom is 0.235 e. The zero-order chi connectivity index (χ0) is 20.1. The molecule has 1 aromatic heterocycles. The average Bonchev–Trinajstić information content (AvgIpc) is 3.08. The number of likely N-dealkylation sites (tertiary alicyclic amines) is 1. The first-order valence-corrected chi connectivity index (χ1v) is 10.8. The maximum atomic E-state index is 13.0. The van der Waals surface area contributed by atoms with Crippen LogP contribution in [-0.2, 0) is 16.1 Å². The van der Waals surface area contributed by atoms with Crippen LogP contribution in [-0.4, -0.2) is 57.6 Å². The van der Waals surface area contributed by atoms with Gasteiger partial charge in [0, 0.05) is 25.8 Å². The zero-order valence-electron chi connectivity index (χ0n) is 17.2. The van der Waals surface area contributed by atoms with Gasteiger partial charge in [0.25, 0.3) is 0 Å². The number of thioether (sulfide) groups is 1. The number of hydrogen-bond acceptors (Lipinski definition) is 5. The van der Waals surface area contributed by atoms with Crippen LogP contribution in [0.1, 0.15) is 27.2 Å². The van der Waals surface area contributed by atoms with Gasteiger partial charge < -0.3 is 9.64 Å². The highest BCUT2D eigenvalue weighted by Crippen LogP contribution is 2.29. The second kappa shape index (κ2) is 9.56. The molecule has 3 atom stereocenters. The molecule has 0 aliphatic carbocycles. The highest BCUT2D eigenvalue weighted by Gasteiger charge is 2.29. The van der Waals surface area contributed by atoms with Gasteiger partial charge in [0.1, 0.15) is 0 Å². The van der Waals surface area contributed by atoms with Crippen LogP contribution in [0.5, 0.6) is 0 Å². The number of benzene rings is 1. The van der Waals surface area contributed by atoms with E-state index in [2.05, 4.69) is 28.6 Å². The van der Waals surface area contributed by atoms with Gasteiger partial charge in [-0.3, -0.25) is 9.36 Å². The Balaban J connectivity index is 1.77. The van der Waals surface area contributed by atoms with Crippen LogP contribution < -0.4 is 0 Å². The minimum absolute atomic E-state index is 0.186. The number of piperidine rings is 1. The molecule has 28 heavy (non-hydrogen) atoms.